The molecule has 160 valence electrons. The molecule has 0 aliphatic heterocycles. The second kappa shape index (κ2) is 8.55. The molecule has 2 heterocycles. The van der Waals surface area contributed by atoms with E-state index < -0.39 is 0 Å². The smallest absolute Gasteiger partial charge is 0.167 e. The molecule has 0 atom stereocenters. The van der Waals surface area contributed by atoms with Crippen LogP contribution in [-0.2, 0) is 6.54 Å². The van der Waals surface area contributed by atoms with Crippen LogP contribution in [0.3, 0.4) is 0 Å². The van der Waals surface area contributed by atoms with Crippen molar-refractivity contribution in [1.29, 1.82) is 0 Å². The standard InChI is InChI=1S/C25H20FN3O3/c1-30-19-10-12-20(13-11-19)31-15-14-29-23-5-3-2-4-21(23)27-25(29)22-16-24(32-28-22)17-6-8-18(26)9-7-17/h2-13,16H,14-15H2,1H3. The number of nitrogens with zero attached hydrogens (tertiary/aromatic N) is 3. The zero-order chi connectivity index (χ0) is 21.9. The third-order valence-electron chi connectivity index (χ3n) is 5.17. The molecule has 6 nitrogen and oxygen atoms in total. The highest BCUT2D eigenvalue weighted by Crippen LogP contribution is 2.28. The van der Waals surface area contributed by atoms with E-state index in [9.17, 15) is 4.39 Å². The predicted octanol–water partition coefficient (Wildman–Crippen LogP) is 5.59. The summed E-state index contributed by atoms with van der Waals surface area (Å²) in [6, 6.07) is 23.3. The Labute approximate surface area is 183 Å². The largest absolute Gasteiger partial charge is 0.497 e. The highest BCUT2D eigenvalue weighted by atomic mass is 19.1. The first kappa shape index (κ1) is 19.8. The first-order chi connectivity index (χ1) is 15.7. The van der Waals surface area contributed by atoms with Crippen LogP contribution in [0.1, 0.15) is 0 Å². The summed E-state index contributed by atoms with van der Waals surface area (Å²) >= 11 is 0. The van der Waals surface area contributed by atoms with E-state index in [-0.39, 0.29) is 5.82 Å². The third-order valence-corrected chi connectivity index (χ3v) is 5.17. The zero-order valence-electron chi connectivity index (χ0n) is 17.4. The summed E-state index contributed by atoms with van der Waals surface area (Å²) in [5.74, 6) is 2.47. The van der Waals surface area contributed by atoms with E-state index in [0.717, 1.165) is 28.1 Å². The van der Waals surface area contributed by atoms with E-state index in [1.54, 1.807) is 19.2 Å². The molecule has 0 bridgehead atoms. The number of para-hydroxylation sites is 2. The minimum atomic E-state index is -0.299. The van der Waals surface area contributed by atoms with Gasteiger partial charge in [0.2, 0.25) is 0 Å². The summed E-state index contributed by atoms with van der Waals surface area (Å²) in [5, 5.41) is 4.22. The van der Waals surface area contributed by atoms with Crippen LogP contribution in [0.15, 0.2) is 83.4 Å². The third kappa shape index (κ3) is 3.92. The Morgan fingerprint density at radius 2 is 1.69 bits per heavy atom. The van der Waals surface area contributed by atoms with Crippen LogP contribution < -0.4 is 9.47 Å². The maximum Gasteiger partial charge on any atom is 0.167 e. The predicted molar refractivity (Wildman–Crippen MR) is 119 cm³/mol. The number of halogens is 1. The van der Waals surface area contributed by atoms with E-state index in [4.69, 9.17) is 19.0 Å². The van der Waals surface area contributed by atoms with Gasteiger partial charge in [-0.25, -0.2) is 9.37 Å². The number of methoxy groups -OCH3 is 1. The van der Waals surface area contributed by atoms with Crippen molar-refractivity contribution in [3.63, 3.8) is 0 Å². The average molecular weight is 429 g/mol. The summed E-state index contributed by atoms with van der Waals surface area (Å²) in [4.78, 5) is 4.76. The van der Waals surface area contributed by atoms with E-state index in [1.807, 2.05) is 54.6 Å². The molecule has 0 saturated carbocycles. The van der Waals surface area contributed by atoms with Gasteiger partial charge in [-0.15, -0.1) is 0 Å². The van der Waals surface area contributed by atoms with Crippen LogP contribution in [0.25, 0.3) is 33.9 Å². The van der Waals surface area contributed by atoms with Crippen molar-refractivity contribution in [2.75, 3.05) is 13.7 Å². The fourth-order valence-electron chi connectivity index (χ4n) is 3.55. The second-order valence-electron chi connectivity index (χ2n) is 7.18. The fraction of sp³-hybridized carbons (Fsp3) is 0.120. The SMILES string of the molecule is COc1ccc(OCCn2c(-c3cc(-c4ccc(F)cc4)on3)nc3ccccc32)cc1. The van der Waals surface area contributed by atoms with Gasteiger partial charge in [0.15, 0.2) is 11.6 Å². The molecule has 7 heteroatoms. The summed E-state index contributed by atoms with van der Waals surface area (Å²) in [7, 11) is 1.63. The lowest BCUT2D eigenvalue weighted by atomic mass is 10.1. The molecule has 0 radical (unpaired) electrons. The summed E-state index contributed by atoms with van der Waals surface area (Å²) in [6.07, 6.45) is 0. The molecule has 32 heavy (non-hydrogen) atoms. The van der Waals surface area contributed by atoms with Crippen molar-refractivity contribution >= 4 is 11.0 Å². The van der Waals surface area contributed by atoms with Crippen molar-refractivity contribution in [2.24, 2.45) is 0 Å². The number of hydrogen-bond acceptors (Lipinski definition) is 5. The molecule has 3 aromatic carbocycles. The zero-order valence-corrected chi connectivity index (χ0v) is 17.4. The van der Waals surface area contributed by atoms with Crippen LogP contribution in [-0.4, -0.2) is 28.4 Å². The Morgan fingerprint density at radius 3 is 2.47 bits per heavy atom. The lowest BCUT2D eigenvalue weighted by molar-refractivity contribution is 0.300. The molecule has 5 aromatic rings. The van der Waals surface area contributed by atoms with Crippen LogP contribution in [0.2, 0.25) is 0 Å². The Balaban J connectivity index is 1.42. The maximum atomic E-state index is 13.2. The fourth-order valence-corrected chi connectivity index (χ4v) is 3.55. The highest BCUT2D eigenvalue weighted by Gasteiger charge is 2.17. The first-order valence-electron chi connectivity index (χ1n) is 10.2. The van der Waals surface area contributed by atoms with Crippen molar-refractivity contribution in [2.45, 2.75) is 6.54 Å². The van der Waals surface area contributed by atoms with E-state index in [0.29, 0.717) is 30.4 Å². The normalized spacial score (nSPS) is 11.1. The average Bonchev–Trinajstić information content (AvgIpc) is 3.45. The number of ether oxygens (including phenoxy) is 2. The van der Waals surface area contributed by atoms with Gasteiger partial charge in [-0.2, -0.15) is 0 Å². The lowest BCUT2D eigenvalue weighted by Crippen LogP contribution is -2.09. The molecule has 2 aromatic heterocycles. The van der Waals surface area contributed by atoms with Crippen molar-refractivity contribution in [3.05, 3.63) is 84.7 Å². The molecule has 0 aliphatic rings. The number of benzene rings is 3. The summed E-state index contributed by atoms with van der Waals surface area (Å²) in [5.41, 5.74) is 3.19. The number of aromatic nitrogens is 3. The topological polar surface area (TPSA) is 62.3 Å². The van der Waals surface area contributed by atoms with Crippen molar-refractivity contribution < 1.29 is 18.4 Å². The number of rotatable bonds is 7. The first-order valence-corrected chi connectivity index (χ1v) is 10.2. The molecule has 0 spiro atoms. The highest BCUT2D eigenvalue weighted by molar-refractivity contribution is 5.80. The van der Waals surface area contributed by atoms with Crippen LogP contribution in [0, 0.1) is 5.82 Å². The molecule has 0 saturated heterocycles. The van der Waals surface area contributed by atoms with Gasteiger partial charge in [-0.3, -0.25) is 0 Å². The molecular weight excluding hydrogens is 409 g/mol. The summed E-state index contributed by atoms with van der Waals surface area (Å²) in [6.45, 7) is 1.02. The number of fused-ring (bicyclic) bond motifs is 1. The van der Waals surface area contributed by atoms with Crippen LogP contribution >= 0.6 is 0 Å². The van der Waals surface area contributed by atoms with Crippen molar-refractivity contribution in [1.82, 2.24) is 14.7 Å². The molecule has 0 aliphatic carbocycles. The molecular formula is C25H20FN3O3. The van der Waals surface area contributed by atoms with Gasteiger partial charge in [0.05, 0.1) is 24.7 Å². The van der Waals surface area contributed by atoms with Gasteiger partial charge in [-0.05, 0) is 60.7 Å². The van der Waals surface area contributed by atoms with Gasteiger partial charge in [0, 0.05) is 11.6 Å². The monoisotopic (exact) mass is 429 g/mol. The van der Waals surface area contributed by atoms with E-state index in [2.05, 4.69) is 9.72 Å². The maximum absolute atomic E-state index is 13.2. The minimum absolute atomic E-state index is 0.299. The minimum Gasteiger partial charge on any atom is -0.497 e. The lowest BCUT2D eigenvalue weighted by Gasteiger charge is -2.10. The van der Waals surface area contributed by atoms with Gasteiger partial charge < -0.3 is 18.6 Å². The quantitative estimate of drug-likeness (QED) is 0.338. The van der Waals surface area contributed by atoms with Gasteiger partial charge in [0.1, 0.15) is 29.6 Å². The Hall–Kier alpha value is -4.13. The van der Waals surface area contributed by atoms with Crippen molar-refractivity contribution in [3.8, 4) is 34.3 Å². The van der Waals surface area contributed by atoms with E-state index in [1.165, 1.54) is 12.1 Å². The van der Waals surface area contributed by atoms with Crippen LogP contribution in [0.5, 0.6) is 11.5 Å². The van der Waals surface area contributed by atoms with Crippen LogP contribution in [0.4, 0.5) is 4.39 Å². The Kier molecular flexibility index (Phi) is 5.29. The van der Waals surface area contributed by atoms with Gasteiger partial charge in [-0.1, -0.05) is 17.3 Å². The molecule has 0 N–H and O–H groups in total. The number of hydrogen-bond donors (Lipinski definition) is 0. The number of imidazole rings is 1. The van der Waals surface area contributed by atoms with Gasteiger partial charge in [0.25, 0.3) is 0 Å². The molecule has 5 rings (SSSR count). The summed E-state index contributed by atoms with van der Waals surface area (Å²) < 4.78 is 31.9. The Bertz CT molecular complexity index is 1340. The Morgan fingerprint density at radius 1 is 0.938 bits per heavy atom. The molecule has 0 unspecified atom stereocenters. The molecule has 0 fully saturated rings. The van der Waals surface area contributed by atoms with Gasteiger partial charge >= 0.3 is 0 Å². The second-order valence-corrected chi connectivity index (χ2v) is 7.18. The molecule has 0 amide bonds. The van der Waals surface area contributed by atoms with E-state index >= 15 is 0 Å².